The van der Waals surface area contributed by atoms with E-state index in [0.717, 1.165) is 16.6 Å². The predicted molar refractivity (Wildman–Crippen MR) is 90.5 cm³/mol. The highest BCUT2D eigenvalue weighted by atomic mass is 79.9. The second kappa shape index (κ2) is 6.48. The van der Waals surface area contributed by atoms with Crippen LogP contribution in [-0.4, -0.2) is 0 Å². The molecule has 2 aromatic carbocycles. The van der Waals surface area contributed by atoms with Crippen molar-refractivity contribution in [3.63, 3.8) is 0 Å². The maximum atomic E-state index is 6.03. The van der Waals surface area contributed by atoms with Gasteiger partial charge in [-0.2, -0.15) is 0 Å². The summed E-state index contributed by atoms with van der Waals surface area (Å²) in [6.07, 6.45) is 0. The number of halogens is 3. The minimum Gasteiger partial charge on any atom is -0.304 e. The zero-order valence-corrected chi connectivity index (χ0v) is 14.5. The van der Waals surface area contributed by atoms with Crippen LogP contribution in [0.5, 0.6) is 0 Å². The molecule has 0 saturated carbocycles. The second-order valence-corrected chi connectivity index (χ2v) is 6.96. The maximum absolute atomic E-state index is 6.03. The second-order valence-electron chi connectivity index (χ2n) is 5.23. The van der Waals surface area contributed by atoms with Gasteiger partial charge in [-0.3, -0.25) is 0 Å². The summed E-state index contributed by atoms with van der Waals surface area (Å²) in [6.45, 7) is 5.06. The highest BCUT2D eigenvalue weighted by Crippen LogP contribution is 2.25. The minimum atomic E-state index is -0.118. The third-order valence-corrected chi connectivity index (χ3v) is 4.55. The Morgan fingerprint density at radius 2 is 1.65 bits per heavy atom. The summed E-state index contributed by atoms with van der Waals surface area (Å²) in [4.78, 5) is 0. The minimum absolute atomic E-state index is 0.118. The highest BCUT2D eigenvalue weighted by molar-refractivity contribution is 9.10. The van der Waals surface area contributed by atoms with E-state index in [0.29, 0.717) is 10.0 Å². The number of hydrogen-bond acceptors (Lipinski definition) is 1. The van der Waals surface area contributed by atoms with Gasteiger partial charge in [0.15, 0.2) is 0 Å². The number of nitrogens with one attached hydrogen (secondary N) is 1. The fourth-order valence-electron chi connectivity index (χ4n) is 1.94. The average molecular weight is 373 g/mol. The van der Waals surface area contributed by atoms with Gasteiger partial charge in [0.25, 0.3) is 0 Å². The van der Waals surface area contributed by atoms with E-state index in [1.165, 1.54) is 5.56 Å². The van der Waals surface area contributed by atoms with E-state index in [1.807, 2.05) is 18.2 Å². The van der Waals surface area contributed by atoms with Crippen molar-refractivity contribution in [1.82, 2.24) is 5.32 Å². The maximum Gasteiger partial charge on any atom is 0.0595 e. The summed E-state index contributed by atoms with van der Waals surface area (Å²) in [5, 5.41) is 4.72. The van der Waals surface area contributed by atoms with Crippen LogP contribution >= 0.6 is 39.1 Å². The Kier molecular flexibility index (Phi) is 5.14. The van der Waals surface area contributed by atoms with Crippen molar-refractivity contribution < 1.29 is 0 Å². The Labute approximate surface area is 138 Å². The van der Waals surface area contributed by atoms with E-state index in [1.54, 1.807) is 0 Å². The molecular weight excluding hydrogens is 357 g/mol. The lowest BCUT2D eigenvalue weighted by Crippen LogP contribution is -2.35. The Hall–Kier alpha value is -0.540. The SMILES string of the molecule is CC(C)(NCc1ccc(Cl)c(Cl)c1)c1ccc(Br)cc1. The van der Waals surface area contributed by atoms with E-state index in [9.17, 15) is 0 Å². The molecule has 0 unspecified atom stereocenters. The van der Waals surface area contributed by atoms with Crippen molar-refractivity contribution in [1.29, 1.82) is 0 Å². The monoisotopic (exact) mass is 371 g/mol. The van der Waals surface area contributed by atoms with E-state index < -0.39 is 0 Å². The summed E-state index contributed by atoms with van der Waals surface area (Å²) >= 11 is 15.4. The first-order valence-electron chi connectivity index (χ1n) is 6.33. The van der Waals surface area contributed by atoms with Crippen LogP contribution in [-0.2, 0) is 12.1 Å². The van der Waals surface area contributed by atoms with E-state index in [4.69, 9.17) is 23.2 Å². The molecule has 106 valence electrons. The van der Waals surface area contributed by atoms with E-state index in [2.05, 4.69) is 59.4 Å². The summed E-state index contributed by atoms with van der Waals surface area (Å²) in [5.74, 6) is 0. The molecule has 20 heavy (non-hydrogen) atoms. The molecule has 0 saturated heterocycles. The van der Waals surface area contributed by atoms with Crippen LogP contribution in [0.1, 0.15) is 25.0 Å². The molecule has 0 aliphatic heterocycles. The van der Waals surface area contributed by atoms with Crippen LogP contribution < -0.4 is 5.32 Å². The van der Waals surface area contributed by atoms with Gasteiger partial charge in [0.1, 0.15) is 0 Å². The van der Waals surface area contributed by atoms with Gasteiger partial charge in [-0.15, -0.1) is 0 Å². The molecule has 4 heteroatoms. The Morgan fingerprint density at radius 3 is 2.25 bits per heavy atom. The first kappa shape index (κ1) is 15.8. The van der Waals surface area contributed by atoms with Crippen molar-refractivity contribution in [2.45, 2.75) is 25.9 Å². The van der Waals surface area contributed by atoms with Gasteiger partial charge >= 0.3 is 0 Å². The zero-order chi connectivity index (χ0) is 14.8. The molecule has 0 aromatic heterocycles. The Morgan fingerprint density at radius 1 is 1.00 bits per heavy atom. The normalized spacial score (nSPS) is 11.7. The summed E-state index contributed by atoms with van der Waals surface area (Å²) in [5.41, 5.74) is 2.23. The molecule has 0 heterocycles. The fraction of sp³-hybridized carbons (Fsp3) is 0.250. The van der Waals surface area contributed by atoms with Gasteiger partial charge in [-0.1, -0.05) is 57.3 Å². The summed E-state index contributed by atoms with van der Waals surface area (Å²) < 4.78 is 1.08. The van der Waals surface area contributed by atoms with Crippen molar-refractivity contribution in [3.05, 3.63) is 68.1 Å². The molecule has 2 aromatic rings. The first-order valence-corrected chi connectivity index (χ1v) is 7.88. The molecule has 0 radical (unpaired) electrons. The van der Waals surface area contributed by atoms with E-state index >= 15 is 0 Å². The van der Waals surface area contributed by atoms with Crippen LogP contribution in [0, 0.1) is 0 Å². The van der Waals surface area contributed by atoms with Crippen molar-refractivity contribution in [3.8, 4) is 0 Å². The smallest absolute Gasteiger partial charge is 0.0595 e. The third-order valence-electron chi connectivity index (χ3n) is 3.28. The molecule has 0 spiro atoms. The number of benzene rings is 2. The van der Waals surface area contributed by atoms with Gasteiger partial charge in [-0.25, -0.2) is 0 Å². The van der Waals surface area contributed by atoms with Gasteiger partial charge in [0, 0.05) is 16.6 Å². The average Bonchev–Trinajstić information content (AvgIpc) is 2.41. The number of rotatable bonds is 4. The Bertz CT molecular complexity index is 594. The largest absolute Gasteiger partial charge is 0.304 e. The van der Waals surface area contributed by atoms with Gasteiger partial charge in [0.2, 0.25) is 0 Å². The summed E-state index contributed by atoms with van der Waals surface area (Å²) in [6, 6.07) is 14.1. The summed E-state index contributed by atoms with van der Waals surface area (Å²) in [7, 11) is 0. The molecule has 0 aliphatic rings. The lowest BCUT2D eigenvalue weighted by atomic mass is 9.94. The molecule has 1 nitrogen and oxygen atoms in total. The fourth-order valence-corrected chi connectivity index (χ4v) is 2.53. The molecule has 0 aliphatic carbocycles. The first-order chi connectivity index (χ1) is 9.38. The third kappa shape index (κ3) is 3.98. The lowest BCUT2D eigenvalue weighted by molar-refractivity contribution is 0.401. The van der Waals surface area contributed by atoms with Crippen LogP contribution in [0.25, 0.3) is 0 Å². The molecule has 1 N–H and O–H groups in total. The van der Waals surface area contributed by atoms with Gasteiger partial charge in [0.05, 0.1) is 10.0 Å². The van der Waals surface area contributed by atoms with Crippen LogP contribution in [0.2, 0.25) is 10.0 Å². The van der Waals surface area contributed by atoms with Crippen molar-refractivity contribution in [2.24, 2.45) is 0 Å². The van der Waals surface area contributed by atoms with Crippen LogP contribution in [0.3, 0.4) is 0 Å². The Balaban J connectivity index is 2.08. The quantitative estimate of drug-likeness (QED) is 0.717. The van der Waals surface area contributed by atoms with Crippen LogP contribution in [0.4, 0.5) is 0 Å². The molecule has 0 amide bonds. The van der Waals surface area contributed by atoms with Crippen molar-refractivity contribution >= 4 is 39.1 Å². The van der Waals surface area contributed by atoms with Crippen LogP contribution in [0.15, 0.2) is 46.9 Å². The molecular formula is C16H16BrCl2N. The zero-order valence-electron chi connectivity index (χ0n) is 11.4. The van der Waals surface area contributed by atoms with Crippen molar-refractivity contribution in [2.75, 3.05) is 0 Å². The van der Waals surface area contributed by atoms with E-state index in [-0.39, 0.29) is 5.54 Å². The highest BCUT2D eigenvalue weighted by Gasteiger charge is 2.19. The number of hydrogen-bond donors (Lipinski definition) is 1. The lowest BCUT2D eigenvalue weighted by Gasteiger charge is -2.27. The predicted octanol–water partition coefficient (Wildman–Crippen LogP) is 5.78. The molecule has 2 rings (SSSR count). The van der Waals surface area contributed by atoms with Gasteiger partial charge in [-0.05, 0) is 49.2 Å². The molecule has 0 fully saturated rings. The topological polar surface area (TPSA) is 12.0 Å². The standard InChI is InChI=1S/C16H16BrCl2N/c1-16(2,12-4-6-13(17)7-5-12)20-10-11-3-8-14(18)15(19)9-11/h3-9,20H,10H2,1-2H3. The van der Waals surface area contributed by atoms with Gasteiger partial charge < -0.3 is 5.32 Å². The molecule has 0 atom stereocenters. The molecule has 0 bridgehead atoms.